The van der Waals surface area contributed by atoms with Gasteiger partial charge in [-0.1, -0.05) is 18.2 Å². The van der Waals surface area contributed by atoms with Gasteiger partial charge in [0.25, 0.3) is 0 Å². The van der Waals surface area contributed by atoms with E-state index in [2.05, 4.69) is 9.62 Å². The van der Waals surface area contributed by atoms with Crippen LogP contribution in [0.15, 0.2) is 53.4 Å². The lowest BCUT2D eigenvalue weighted by Gasteiger charge is -2.32. The Morgan fingerprint density at radius 3 is 2.29 bits per heavy atom. The van der Waals surface area contributed by atoms with E-state index in [1.54, 1.807) is 12.1 Å². The molecular formula is C19H20F4N2O2S. The Hall–Kier alpha value is -1.97. The summed E-state index contributed by atoms with van der Waals surface area (Å²) in [4.78, 5) is 1.73. The predicted molar refractivity (Wildman–Crippen MR) is 96.5 cm³/mol. The first-order chi connectivity index (χ1) is 13.1. The van der Waals surface area contributed by atoms with E-state index in [4.69, 9.17) is 0 Å². The van der Waals surface area contributed by atoms with Crippen molar-refractivity contribution in [1.29, 1.82) is 0 Å². The highest BCUT2D eigenvalue weighted by Crippen LogP contribution is 2.30. The third-order valence-corrected chi connectivity index (χ3v) is 6.22. The molecule has 4 nitrogen and oxygen atoms in total. The molecule has 0 saturated carbocycles. The summed E-state index contributed by atoms with van der Waals surface area (Å²) in [6, 6.07) is 9.58. The highest BCUT2D eigenvalue weighted by atomic mass is 32.2. The Morgan fingerprint density at radius 2 is 1.68 bits per heavy atom. The van der Waals surface area contributed by atoms with Crippen LogP contribution in [0.5, 0.6) is 0 Å². The maximum Gasteiger partial charge on any atom is 0.416 e. The average molecular weight is 416 g/mol. The van der Waals surface area contributed by atoms with Gasteiger partial charge in [-0.2, -0.15) is 13.2 Å². The number of rotatable bonds is 5. The maximum absolute atomic E-state index is 13.0. The van der Waals surface area contributed by atoms with E-state index < -0.39 is 26.7 Å². The van der Waals surface area contributed by atoms with Gasteiger partial charge in [0.2, 0.25) is 10.0 Å². The maximum atomic E-state index is 13.0. The van der Waals surface area contributed by atoms with Crippen LogP contribution in [0.1, 0.15) is 24.0 Å². The van der Waals surface area contributed by atoms with Crippen molar-refractivity contribution in [2.24, 2.45) is 0 Å². The van der Waals surface area contributed by atoms with Gasteiger partial charge in [0.1, 0.15) is 5.82 Å². The summed E-state index contributed by atoms with van der Waals surface area (Å²) in [6.45, 7) is 1.90. The van der Waals surface area contributed by atoms with E-state index >= 15 is 0 Å². The molecule has 1 heterocycles. The number of piperidine rings is 1. The first kappa shape index (κ1) is 20.8. The summed E-state index contributed by atoms with van der Waals surface area (Å²) >= 11 is 0. The summed E-state index contributed by atoms with van der Waals surface area (Å²) < 4.78 is 78.8. The van der Waals surface area contributed by atoms with Crippen LogP contribution in [0.25, 0.3) is 0 Å². The fourth-order valence-corrected chi connectivity index (χ4v) is 4.53. The van der Waals surface area contributed by atoms with E-state index in [0.29, 0.717) is 38.5 Å². The first-order valence-corrected chi connectivity index (χ1v) is 10.3. The van der Waals surface area contributed by atoms with Crippen molar-refractivity contribution in [3.63, 3.8) is 0 Å². The molecule has 0 spiro atoms. The van der Waals surface area contributed by atoms with Crippen molar-refractivity contribution in [1.82, 2.24) is 9.62 Å². The second-order valence-corrected chi connectivity index (χ2v) is 8.54. The molecular weight excluding hydrogens is 396 g/mol. The van der Waals surface area contributed by atoms with Gasteiger partial charge in [-0.15, -0.1) is 0 Å². The number of nitrogens with one attached hydrogen (secondary N) is 1. The fraction of sp³-hybridized carbons (Fsp3) is 0.368. The van der Waals surface area contributed by atoms with Crippen molar-refractivity contribution >= 4 is 10.0 Å². The molecule has 0 aliphatic carbocycles. The van der Waals surface area contributed by atoms with Crippen LogP contribution in [0.4, 0.5) is 17.6 Å². The number of alkyl halides is 3. The highest BCUT2D eigenvalue weighted by Gasteiger charge is 2.32. The molecule has 3 rings (SSSR count). The van der Waals surface area contributed by atoms with Crippen LogP contribution in [0.3, 0.4) is 0 Å². The van der Waals surface area contributed by atoms with Gasteiger partial charge in [0.15, 0.2) is 0 Å². The molecule has 1 fully saturated rings. The van der Waals surface area contributed by atoms with Crippen LogP contribution >= 0.6 is 0 Å². The lowest BCUT2D eigenvalue weighted by atomic mass is 10.1. The molecule has 0 bridgehead atoms. The van der Waals surface area contributed by atoms with Crippen molar-refractivity contribution in [3.05, 3.63) is 65.5 Å². The Morgan fingerprint density at radius 1 is 1.04 bits per heavy atom. The Labute approximate surface area is 161 Å². The van der Waals surface area contributed by atoms with Gasteiger partial charge >= 0.3 is 6.18 Å². The monoisotopic (exact) mass is 416 g/mol. The lowest BCUT2D eigenvalue weighted by molar-refractivity contribution is -0.137. The van der Waals surface area contributed by atoms with E-state index in [9.17, 15) is 26.0 Å². The van der Waals surface area contributed by atoms with E-state index in [0.717, 1.165) is 23.8 Å². The Kier molecular flexibility index (Phi) is 6.07. The number of likely N-dealkylation sites (tertiary alicyclic amines) is 1. The second-order valence-electron chi connectivity index (χ2n) is 6.82. The van der Waals surface area contributed by atoms with Crippen molar-refractivity contribution in [2.45, 2.75) is 36.5 Å². The van der Waals surface area contributed by atoms with E-state index in [-0.39, 0.29) is 11.9 Å². The van der Waals surface area contributed by atoms with Gasteiger partial charge in [0.05, 0.1) is 10.5 Å². The van der Waals surface area contributed by atoms with Crippen LogP contribution in [-0.2, 0) is 22.7 Å². The van der Waals surface area contributed by atoms with Crippen LogP contribution in [0, 0.1) is 5.82 Å². The summed E-state index contributed by atoms with van der Waals surface area (Å²) in [7, 11) is -4.03. The van der Waals surface area contributed by atoms with Gasteiger partial charge in [0, 0.05) is 25.7 Å². The van der Waals surface area contributed by atoms with Gasteiger partial charge in [-0.3, -0.25) is 4.90 Å². The molecule has 0 unspecified atom stereocenters. The average Bonchev–Trinajstić information content (AvgIpc) is 2.64. The van der Waals surface area contributed by atoms with Crippen LogP contribution in [-0.4, -0.2) is 32.4 Å². The van der Waals surface area contributed by atoms with Crippen molar-refractivity contribution in [2.75, 3.05) is 13.1 Å². The molecule has 1 N–H and O–H groups in total. The van der Waals surface area contributed by atoms with Gasteiger partial charge in [-0.05, 0) is 48.7 Å². The number of hydrogen-bond donors (Lipinski definition) is 1. The minimum Gasteiger partial charge on any atom is -0.299 e. The van der Waals surface area contributed by atoms with Crippen LogP contribution in [0.2, 0.25) is 0 Å². The minimum absolute atomic E-state index is 0.300. The SMILES string of the molecule is O=S(=O)(NC1CCN(Cc2ccc(F)cc2)CC1)c1cccc(C(F)(F)F)c1. The quantitative estimate of drug-likeness (QED) is 0.755. The molecule has 0 amide bonds. The number of sulfonamides is 1. The standard InChI is InChI=1S/C19H20F4N2O2S/c20-16-6-4-14(5-7-16)13-25-10-8-17(9-11-25)24-28(26,27)18-3-1-2-15(12-18)19(21,22)23/h1-7,12,17,24H,8-11,13H2. The molecule has 2 aromatic rings. The molecule has 0 radical (unpaired) electrons. The predicted octanol–water partition coefficient (Wildman–Crippen LogP) is 3.79. The molecule has 152 valence electrons. The van der Waals surface area contributed by atoms with E-state index in [1.807, 2.05) is 0 Å². The summed E-state index contributed by atoms with van der Waals surface area (Å²) in [5, 5.41) is 0. The topological polar surface area (TPSA) is 49.4 Å². The third-order valence-electron chi connectivity index (χ3n) is 4.70. The smallest absolute Gasteiger partial charge is 0.299 e. The second kappa shape index (κ2) is 8.18. The van der Waals surface area contributed by atoms with Crippen molar-refractivity contribution < 1.29 is 26.0 Å². The minimum atomic E-state index is -4.60. The zero-order valence-electron chi connectivity index (χ0n) is 14.9. The van der Waals surface area contributed by atoms with Gasteiger partial charge < -0.3 is 0 Å². The number of hydrogen-bond acceptors (Lipinski definition) is 3. The summed E-state index contributed by atoms with van der Waals surface area (Å²) in [5.41, 5.74) is -0.0334. The first-order valence-electron chi connectivity index (χ1n) is 8.80. The summed E-state index contributed by atoms with van der Waals surface area (Å²) in [5.74, 6) is -0.300. The van der Waals surface area contributed by atoms with Gasteiger partial charge in [-0.25, -0.2) is 17.5 Å². The number of benzene rings is 2. The molecule has 0 atom stereocenters. The molecule has 1 aliphatic rings. The normalized spacial score (nSPS) is 17.0. The number of nitrogens with zero attached hydrogens (tertiary/aromatic N) is 1. The highest BCUT2D eigenvalue weighted by molar-refractivity contribution is 7.89. The van der Waals surface area contributed by atoms with Crippen molar-refractivity contribution in [3.8, 4) is 0 Å². The fourth-order valence-electron chi connectivity index (χ4n) is 3.18. The zero-order chi connectivity index (χ0) is 20.4. The molecule has 0 aromatic heterocycles. The largest absolute Gasteiger partial charge is 0.416 e. The Bertz CT molecular complexity index is 906. The zero-order valence-corrected chi connectivity index (χ0v) is 15.7. The molecule has 1 aliphatic heterocycles. The third kappa shape index (κ3) is 5.30. The molecule has 9 heteroatoms. The van der Waals surface area contributed by atoms with Crippen LogP contribution < -0.4 is 4.72 Å². The molecule has 2 aromatic carbocycles. The molecule has 1 saturated heterocycles. The summed E-state index contributed by atoms with van der Waals surface area (Å²) in [6.07, 6.45) is -3.52. The van der Waals surface area contributed by atoms with E-state index in [1.165, 1.54) is 12.1 Å². The number of halogens is 4. The Balaban J connectivity index is 1.58. The lowest BCUT2D eigenvalue weighted by Crippen LogP contribution is -2.44. The molecule has 28 heavy (non-hydrogen) atoms.